The number of methoxy groups -OCH3 is 1. The molecule has 1 aromatic carbocycles. The van der Waals surface area contributed by atoms with Crippen molar-refractivity contribution in [3.05, 3.63) is 71.6 Å². The number of halogens is 1. The van der Waals surface area contributed by atoms with Crippen molar-refractivity contribution in [2.45, 2.75) is 26.3 Å². The second-order valence-electron chi connectivity index (χ2n) is 8.97. The second kappa shape index (κ2) is 8.20. The van der Waals surface area contributed by atoms with E-state index in [1.165, 1.54) is 49.3 Å². The number of rotatable bonds is 5. The van der Waals surface area contributed by atoms with Gasteiger partial charge >= 0.3 is 6.01 Å². The van der Waals surface area contributed by atoms with Gasteiger partial charge in [-0.1, -0.05) is 24.3 Å². The van der Waals surface area contributed by atoms with Gasteiger partial charge in [-0.3, -0.25) is 4.98 Å². The molecule has 2 bridgehead atoms. The molecule has 6 heterocycles. The minimum atomic E-state index is -0.411. The van der Waals surface area contributed by atoms with E-state index in [9.17, 15) is 4.39 Å². The fourth-order valence-corrected chi connectivity index (χ4v) is 5.05. The second-order valence-corrected chi connectivity index (χ2v) is 8.97. The van der Waals surface area contributed by atoms with Gasteiger partial charge in [-0.2, -0.15) is 9.97 Å². The third-order valence-corrected chi connectivity index (χ3v) is 6.81. The number of nitrogens with zero attached hydrogens (tertiary/aromatic N) is 6. The van der Waals surface area contributed by atoms with E-state index in [2.05, 4.69) is 50.3 Å². The van der Waals surface area contributed by atoms with Gasteiger partial charge in [0.15, 0.2) is 5.65 Å². The molecule has 1 fully saturated rings. The standard InChI is InChI=1S/C26H25FN6O/c1-16-23-25(31-26(29-16)34-2)33(24(30-23)20-11-21(27)13-28-12-20)14-17-3-5-18(6-4-17)22-15-32-9-7-19(22)8-10-32/h3-6,11-13,15,19H,7-10,14H2,1-2H3. The number of ether oxygens (including phenoxy) is 1. The number of hydrogen-bond donors (Lipinski definition) is 0. The summed E-state index contributed by atoms with van der Waals surface area (Å²) in [5.74, 6) is 0.844. The summed E-state index contributed by atoms with van der Waals surface area (Å²) in [6, 6.07) is 10.4. The van der Waals surface area contributed by atoms with Crippen LogP contribution in [-0.2, 0) is 6.54 Å². The molecule has 3 aromatic heterocycles. The zero-order valence-corrected chi connectivity index (χ0v) is 19.2. The summed E-state index contributed by atoms with van der Waals surface area (Å²) in [5.41, 5.74) is 6.42. The molecule has 0 amide bonds. The van der Waals surface area contributed by atoms with Crippen molar-refractivity contribution in [1.82, 2.24) is 29.4 Å². The minimum Gasteiger partial charge on any atom is -0.467 e. The number of aryl methyl sites for hydroxylation is 1. The highest BCUT2D eigenvalue weighted by Gasteiger charge is 2.27. The van der Waals surface area contributed by atoms with Crippen molar-refractivity contribution in [2.24, 2.45) is 5.92 Å². The van der Waals surface area contributed by atoms with Crippen LogP contribution in [0.5, 0.6) is 6.01 Å². The highest BCUT2D eigenvalue weighted by Crippen LogP contribution is 2.37. The van der Waals surface area contributed by atoms with Crippen LogP contribution in [0.3, 0.4) is 0 Å². The number of aromatic nitrogens is 5. The highest BCUT2D eigenvalue weighted by atomic mass is 19.1. The molecule has 4 aromatic rings. The lowest BCUT2D eigenvalue weighted by atomic mass is 9.82. The van der Waals surface area contributed by atoms with Crippen molar-refractivity contribution in [3.63, 3.8) is 0 Å². The maximum absolute atomic E-state index is 14.0. The lowest BCUT2D eigenvalue weighted by Crippen LogP contribution is -2.35. The molecule has 0 atom stereocenters. The Balaban J connectivity index is 1.41. The topological polar surface area (TPSA) is 69.0 Å². The van der Waals surface area contributed by atoms with E-state index < -0.39 is 5.82 Å². The predicted octanol–water partition coefficient (Wildman–Crippen LogP) is 4.46. The Bertz CT molecular complexity index is 1400. The Morgan fingerprint density at radius 2 is 1.82 bits per heavy atom. The highest BCUT2D eigenvalue weighted by molar-refractivity contribution is 5.79. The molecule has 3 aliphatic rings. The van der Waals surface area contributed by atoms with Gasteiger partial charge in [-0.15, -0.1) is 0 Å². The molecule has 0 spiro atoms. The molecule has 172 valence electrons. The fourth-order valence-electron chi connectivity index (χ4n) is 5.05. The lowest BCUT2D eigenvalue weighted by molar-refractivity contribution is 0.252. The van der Waals surface area contributed by atoms with Gasteiger partial charge < -0.3 is 14.2 Å². The fraction of sp³-hybridized carbons (Fsp3) is 0.308. The van der Waals surface area contributed by atoms with Gasteiger partial charge in [-0.25, -0.2) is 9.37 Å². The normalized spacial score (nSPS) is 15.7. The summed E-state index contributed by atoms with van der Waals surface area (Å²) in [4.78, 5) is 20.2. The number of pyridine rings is 1. The van der Waals surface area contributed by atoms with Gasteiger partial charge in [0.1, 0.15) is 17.2 Å². The molecular formula is C26H25FN6O. The summed E-state index contributed by atoms with van der Waals surface area (Å²) < 4.78 is 21.3. The molecular weight excluding hydrogens is 431 g/mol. The summed E-state index contributed by atoms with van der Waals surface area (Å²) in [6.45, 7) is 4.73. The van der Waals surface area contributed by atoms with Crippen LogP contribution in [0.15, 0.2) is 48.9 Å². The number of piperidine rings is 1. The van der Waals surface area contributed by atoms with Gasteiger partial charge in [0.25, 0.3) is 0 Å². The summed E-state index contributed by atoms with van der Waals surface area (Å²) in [7, 11) is 1.54. The summed E-state index contributed by atoms with van der Waals surface area (Å²) in [5, 5.41) is 0. The quantitative estimate of drug-likeness (QED) is 0.442. The Labute approximate surface area is 197 Å². The maximum atomic E-state index is 14.0. The van der Waals surface area contributed by atoms with Crippen LogP contribution in [0.4, 0.5) is 4.39 Å². The van der Waals surface area contributed by atoms with Gasteiger partial charge in [0.05, 0.1) is 25.5 Å². The first-order valence-corrected chi connectivity index (χ1v) is 11.5. The first-order valence-electron chi connectivity index (χ1n) is 11.5. The van der Waals surface area contributed by atoms with Crippen LogP contribution in [-0.4, -0.2) is 49.6 Å². The average Bonchev–Trinajstić information content (AvgIpc) is 3.24. The molecule has 1 saturated heterocycles. The average molecular weight is 457 g/mol. The SMILES string of the molecule is COc1nc(C)c2nc(-c3cncc(F)c3)n(Cc3ccc(C4=CN5CCC4CC5)cc3)c2n1. The molecule has 0 unspecified atom stereocenters. The van der Waals surface area contributed by atoms with E-state index in [1.807, 2.05) is 11.5 Å². The number of benzene rings is 1. The Kier molecular flexibility index (Phi) is 5.01. The van der Waals surface area contributed by atoms with E-state index in [0.717, 1.165) is 5.56 Å². The minimum absolute atomic E-state index is 0.278. The molecule has 0 N–H and O–H groups in total. The molecule has 34 heavy (non-hydrogen) atoms. The molecule has 0 aliphatic carbocycles. The number of imidazole rings is 1. The van der Waals surface area contributed by atoms with E-state index in [1.54, 1.807) is 13.3 Å². The Morgan fingerprint density at radius 1 is 1.03 bits per heavy atom. The first kappa shape index (κ1) is 20.8. The van der Waals surface area contributed by atoms with Crippen LogP contribution in [0.25, 0.3) is 28.1 Å². The van der Waals surface area contributed by atoms with Crippen molar-refractivity contribution in [2.75, 3.05) is 20.2 Å². The van der Waals surface area contributed by atoms with Gasteiger partial charge in [0, 0.05) is 31.0 Å². The van der Waals surface area contributed by atoms with Crippen molar-refractivity contribution >= 4 is 16.7 Å². The zero-order valence-electron chi connectivity index (χ0n) is 19.2. The summed E-state index contributed by atoms with van der Waals surface area (Å²) >= 11 is 0. The lowest BCUT2D eigenvalue weighted by Gasteiger charge is -2.39. The third kappa shape index (κ3) is 3.59. The van der Waals surface area contributed by atoms with Crippen LogP contribution >= 0.6 is 0 Å². The Morgan fingerprint density at radius 3 is 2.50 bits per heavy atom. The Hall–Kier alpha value is -3.81. The number of hydrogen-bond acceptors (Lipinski definition) is 6. The number of fused-ring (bicyclic) bond motifs is 3. The molecule has 7 nitrogen and oxygen atoms in total. The van der Waals surface area contributed by atoms with Crippen molar-refractivity contribution in [3.8, 4) is 17.4 Å². The summed E-state index contributed by atoms with van der Waals surface area (Å²) in [6.07, 6.45) is 7.61. The first-order chi connectivity index (χ1) is 16.6. The van der Waals surface area contributed by atoms with Gasteiger partial charge in [0.2, 0.25) is 0 Å². The largest absolute Gasteiger partial charge is 0.467 e. The molecule has 0 saturated carbocycles. The van der Waals surface area contributed by atoms with Gasteiger partial charge in [-0.05, 0) is 48.4 Å². The molecule has 8 heteroatoms. The maximum Gasteiger partial charge on any atom is 0.318 e. The van der Waals surface area contributed by atoms with E-state index in [0.29, 0.717) is 40.7 Å². The monoisotopic (exact) mass is 456 g/mol. The van der Waals surface area contributed by atoms with E-state index in [-0.39, 0.29) is 6.01 Å². The smallest absolute Gasteiger partial charge is 0.318 e. The van der Waals surface area contributed by atoms with Crippen molar-refractivity contribution < 1.29 is 9.13 Å². The van der Waals surface area contributed by atoms with Crippen LogP contribution < -0.4 is 4.74 Å². The molecule has 0 radical (unpaired) electrons. The molecule has 7 rings (SSSR count). The third-order valence-electron chi connectivity index (χ3n) is 6.81. The van der Waals surface area contributed by atoms with E-state index in [4.69, 9.17) is 9.72 Å². The van der Waals surface area contributed by atoms with Crippen LogP contribution in [0.2, 0.25) is 0 Å². The number of allylic oxidation sites excluding steroid dienone is 1. The predicted molar refractivity (Wildman–Crippen MR) is 128 cm³/mol. The molecule has 3 aliphatic heterocycles. The van der Waals surface area contributed by atoms with Crippen LogP contribution in [0.1, 0.15) is 29.7 Å². The van der Waals surface area contributed by atoms with Crippen LogP contribution in [0, 0.1) is 18.7 Å². The van der Waals surface area contributed by atoms with E-state index >= 15 is 0 Å². The van der Waals surface area contributed by atoms with Crippen molar-refractivity contribution in [1.29, 1.82) is 0 Å². The zero-order chi connectivity index (χ0) is 23.2.